The lowest BCUT2D eigenvalue weighted by Crippen LogP contribution is -2.39. The van der Waals surface area contributed by atoms with Crippen molar-refractivity contribution in [3.8, 4) is 0 Å². The lowest BCUT2D eigenvalue weighted by molar-refractivity contribution is 0.0270. The van der Waals surface area contributed by atoms with E-state index in [4.69, 9.17) is 10.5 Å². The van der Waals surface area contributed by atoms with Gasteiger partial charge in [-0.25, -0.2) is 9.78 Å². The second kappa shape index (κ2) is 5.71. The number of anilines is 1. The largest absolute Gasteiger partial charge is 0.444 e. The van der Waals surface area contributed by atoms with Gasteiger partial charge in [0.1, 0.15) is 11.4 Å². The number of aromatic nitrogens is 1. The van der Waals surface area contributed by atoms with Crippen LogP contribution in [0.4, 0.5) is 15.0 Å². The lowest BCUT2D eigenvalue weighted by atomic mass is 10.0. The molecule has 0 saturated heterocycles. The van der Waals surface area contributed by atoms with Gasteiger partial charge in [0, 0.05) is 18.7 Å². The Bertz CT molecular complexity index is 579. The number of amides is 1. The molecule has 0 atom stereocenters. The Kier molecular flexibility index (Phi) is 4.16. The van der Waals surface area contributed by atoms with Crippen molar-refractivity contribution >= 4 is 17.5 Å². The predicted octanol–water partition coefficient (Wildman–Crippen LogP) is 2.83. The zero-order chi connectivity index (χ0) is 15.6. The summed E-state index contributed by atoms with van der Waals surface area (Å²) < 4.78 is 19.1. The van der Waals surface area contributed by atoms with Crippen molar-refractivity contribution < 1.29 is 13.9 Å². The van der Waals surface area contributed by atoms with E-state index in [1.807, 2.05) is 26.8 Å². The molecule has 1 aliphatic rings. The first-order valence-corrected chi connectivity index (χ1v) is 6.85. The Morgan fingerprint density at radius 3 is 2.67 bits per heavy atom. The van der Waals surface area contributed by atoms with Crippen LogP contribution in [0.2, 0.25) is 0 Å². The molecule has 0 saturated carbocycles. The molecule has 2 N–H and O–H groups in total. The maximum atomic E-state index is 13.8. The first-order valence-electron chi connectivity index (χ1n) is 6.85. The van der Waals surface area contributed by atoms with Crippen LogP contribution < -0.4 is 5.73 Å². The highest BCUT2D eigenvalue weighted by molar-refractivity contribution is 5.72. The fraction of sp³-hybridized carbons (Fsp3) is 0.467. The summed E-state index contributed by atoms with van der Waals surface area (Å²) in [7, 11) is 0. The van der Waals surface area contributed by atoms with E-state index in [9.17, 15) is 9.18 Å². The van der Waals surface area contributed by atoms with Gasteiger partial charge in [-0.1, -0.05) is 6.08 Å². The lowest BCUT2D eigenvalue weighted by Gasteiger charge is -2.29. The molecular weight excluding hydrogens is 273 g/mol. The minimum Gasteiger partial charge on any atom is -0.444 e. The zero-order valence-corrected chi connectivity index (χ0v) is 12.5. The Morgan fingerprint density at radius 1 is 1.43 bits per heavy atom. The van der Waals surface area contributed by atoms with E-state index in [1.54, 1.807) is 17.0 Å². The minimum absolute atomic E-state index is 0.156. The van der Waals surface area contributed by atoms with Crippen LogP contribution >= 0.6 is 0 Å². The maximum Gasteiger partial charge on any atom is 0.410 e. The van der Waals surface area contributed by atoms with Gasteiger partial charge in [0.2, 0.25) is 5.95 Å². The van der Waals surface area contributed by atoms with Crippen molar-refractivity contribution in [1.82, 2.24) is 9.88 Å². The molecule has 1 aromatic heterocycles. The number of carbonyl (C=O) groups is 1. The van der Waals surface area contributed by atoms with Gasteiger partial charge in [-0.05, 0) is 44.9 Å². The Labute approximate surface area is 123 Å². The van der Waals surface area contributed by atoms with Gasteiger partial charge in [-0.3, -0.25) is 0 Å². The molecule has 0 fully saturated rings. The number of ether oxygens (including phenoxy) is 1. The van der Waals surface area contributed by atoms with Crippen LogP contribution in [-0.4, -0.2) is 34.7 Å². The van der Waals surface area contributed by atoms with Gasteiger partial charge in [-0.15, -0.1) is 0 Å². The molecule has 114 valence electrons. The second-order valence-corrected chi connectivity index (χ2v) is 5.98. The van der Waals surface area contributed by atoms with Crippen molar-refractivity contribution in [2.24, 2.45) is 0 Å². The van der Waals surface area contributed by atoms with Crippen LogP contribution in [0.3, 0.4) is 0 Å². The average molecular weight is 293 g/mol. The van der Waals surface area contributed by atoms with E-state index in [2.05, 4.69) is 4.98 Å². The third-order valence-corrected chi connectivity index (χ3v) is 3.08. The molecule has 0 spiro atoms. The highest BCUT2D eigenvalue weighted by Crippen LogP contribution is 2.25. The van der Waals surface area contributed by atoms with Crippen molar-refractivity contribution in [3.05, 3.63) is 29.7 Å². The van der Waals surface area contributed by atoms with Crippen molar-refractivity contribution in [2.75, 3.05) is 18.8 Å². The van der Waals surface area contributed by atoms with Gasteiger partial charge < -0.3 is 15.4 Å². The molecule has 5 nitrogen and oxygen atoms in total. The molecule has 1 aromatic rings. The van der Waals surface area contributed by atoms with Crippen LogP contribution in [-0.2, 0) is 4.74 Å². The van der Waals surface area contributed by atoms with E-state index in [1.165, 1.54) is 0 Å². The number of hydrogen-bond donors (Lipinski definition) is 1. The van der Waals surface area contributed by atoms with Crippen LogP contribution in [0.5, 0.6) is 0 Å². The Hall–Kier alpha value is -2.11. The first-order chi connectivity index (χ1) is 9.76. The molecule has 1 amide bonds. The summed E-state index contributed by atoms with van der Waals surface area (Å²) in [5, 5.41) is 0. The number of hydrogen-bond acceptors (Lipinski definition) is 4. The van der Waals surface area contributed by atoms with Crippen molar-refractivity contribution in [1.29, 1.82) is 0 Å². The highest BCUT2D eigenvalue weighted by atomic mass is 19.1. The van der Waals surface area contributed by atoms with E-state index in [0.717, 1.165) is 5.57 Å². The standard InChI is InChI=1S/C15H20FN3O2/c1-15(2,3)21-14(20)19-8-6-10(7-9-19)11-4-5-12(17)18-13(11)16/h4-6H,7-9H2,1-3H3,(H2,17,18). The minimum atomic E-state index is -0.577. The molecule has 2 rings (SSSR count). The first kappa shape index (κ1) is 15.3. The van der Waals surface area contributed by atoms with Gasteiger partial charge in [0.15, 0.2) is 0 Å². The predicted molar refractivity (Wildman–Crippen MR) is 79.0 cm³/mol. The Balaban J connectivity index is 2.07. The summed E-state index contributed by atoms with van der Waals surface area (Å²) in [6.07, 6.45) is 2.03. The number of pyridine rings is 1. The van der Waals surface area contributed by atoms with Gasteiger partial charge in [-0.2, -0.15) is 4.39 Å². The number of nitrogens with two attached hydrogens (primary N) is 1. The summed E-state index contributed by atoms with van der Waals surface area (Å²) in [4.78, 5) is 17.2. The van der Waals surface area contributed by atoms with E-state index in [-0.39, 0.29) is 11.9 Å². The number of nitrogen functional groups attached to an aromatic ring is 1. The quantitative estimate of drug-likeness (QED) is 0.808. The molecule has 0 radical (unpaired) electrons. The fourth-order valence-electron chi connectivity index (χ4n) is 2.09. The number of carbonyl (C=O) groups excluding carboxylic acids is 1. The van der Waals surface area contributed by atoms with Crippen LogP contribution in [0.15, 0.2) is 18.2 Å². The summed E-state index contributed by atoms with van der Waals surface area (Å²) in [6, 6.07) is 3.19. The highest BCUT2D eigenvalue weighted by Gasteiger charge is 2.24. The summed E-state index contributed by atoms with van der Waals surface area (Å²) in [6.45, 7) is 6.36. The molecular formula is C15H20FN3O2. The molecule has 21 heavy (non-hydrogen) atoms. The SMILES string of the molecule is CC(C)(C)OC(=O)N1CC=C(c2ccc(N)nc2F)CC1. The molecule has 0 aromatic carbocycles. The molecule has 0 unspecified atom stereocenters. The maximum absolute atomic E-state index is 13.8. The second-order valence-electron chi connectivity index (χ2n) is 5.98. The molecule has 0 bridgehead atoms. The molecule has 6 heteroatoms. The summed E-state index contributed by atoms with van der Waals surface area (Å²) in [5.74, 6) is -0.421. The zero-order valence-electron chi connectivity index (χ0n) is 12.5. The third kappa shape index (κ3) is 3.93. The Morgan fingerprint density at radius 2 is 2.14 bits per heavy atom. The van der Waals surface area contributed by atoms with Crippen LogP contribution in [0.1, 0.15) is 32.8 Å². The smallest absolute Gasteiger partial charge is 0.410 e. The molecule has 0 aliphatic carbocycles. The van der Waals surface area contributed by atoms with Gasteiger partial charge >= 0.3 is 6.09 Å². The van der Waals surface area contributed by atoms with Crippen LogP contribution in [0.25, 0.3) is 5.57 Å². The van der Waals surface area contributed by atoms with Crippen molar-refractivity contribution in [3.63, 3.8) is 0 Å². The van der Waals surface area contributed by atoms with E-state index in [0.29, 0.717) is 25.1 Å². The van der Waals surface area contributed by atoms with Crippen LogP contribution in [0, 0.1) is 5.95 Å². The topological polar surface area (TPSA) is 68.5 Å². The number of nitrogens with zero attached hydrogens (tertiary/aromatic N) is 2. The normalized spacial score (nSPS) is 15.6. The number of rotatable bonds is 1. The number of halogens is 1. The summed E-state index contributed by atoms with van der Waals surface area (Å²) in [5.41, 5.74) is 6.19. The van der Waals surface area contributed by atoms with E-state index < -0.39 is 11.5 Å². The fourth-order valence-corrected chi connectivity index (χ4v) is 2.09. The van der Waals surface area contributed by atoms with E-state index >= 15 is 0 Å². The van der Waals surface area contributed by atoms with Gasteiger partial charge in [0.25, 0.3) is 0 Å². The monoisotopic (exact) mass is 293 g/mol. The molecule has 1 aliphatic heterocycles. The summed E-state index contributed by atoms with van der Waals surface area (Å²) >= 11 is 0. The van der Waals surface area contributed by atoms with Gasteiger partial charge in [0.05, 0.1) is 0 Å². The third-order valence-electron chi connectivity index (χ3n) is 3.08. The average Bonchev–Trinajstić information content (AvgIpc) is 2.37. The van der Waals surface area contributed by atoms with Crippen molar-refractivity contribution in [2.45, 2.75) is 32.8 Å². The molecule has 2 heterocycles.